The van der Waals surface area contributed by atoms with Crippen molar-refractivity contribution in [1.29, 1.82) is 0 Å². The van der Waals surface area contributed by atoms with Gasteiger partial charge in [0.2, 0.25) is 5.91 Å². The molecular formula is C19H29Cl2F2N3O. The van der Waals surface area contributed by atoms with Crippen LogP contribution in [0.1, 0.15) is 37.8 Å². The number of benzene rings is 1. The molecule has 1 amide bonds. The summed E-state index contributed by atoms with van der Waals surface area (Å²) in [6, 6.07) is 3.72. The largest absolute Gasteiger partial charge is 0.339 e. The minimum absolute atomic E-state index is 0. The molecule has 27 heavy (non-hydrogen) atoms. The van der Waals surface area contributed by atoms with Gasteiger partial charge in [-0.05, 0) is 37.8 Å². The first kappa shape index (κ1) is 24.1. The van der Waals surface area contributed by atoms with E-state index in [4.69, 9.17) is 0 Å². The summed E-state index contributed by atoms with van der Waals surface area (Å²) in [7, 11) is 0. The van der Waals surface area contributed by atoms with E-state index >= 15 is 0 Å². The van der Waals surface area contributed by atoms with Crippen molar-refractivity contribution < 1.29 is 13.6 Å². The summed E-state index contributed by atoms with van der Waals surface area (Å²) in [5.74, 6) is -0.137. The van der Waals surface area contributed by atoms with Crippen LogP contribution in [-0.4, -0.2) is 55.0 Å². The molecule has 4 nitrogen and oxygen atoms in total. The molecule has 1 atom stereocenters. The lowest BCUT2D eigenvalue weighted by molar-refractivity contribution is -0.132. The fourth-order valence-electron chi connectivity index (χ4n) is 3.55. The SMILES string of the molecule is CCC(c1ccc(F)cc1F)N1CCN(C(=O)CNCC2CC2)CC1.Cl.Cl. The minimum Gasteiger partial charge on any atom is -0.339 e. The highest BCUT2D eigenvalue weighted by Gasteiger charge is 2.28. The van der Waals surface area contributed by atoms with E-state index in [0.29, 0.717) is 38.3 Å². The van der Waals surface area contributed by atoms with Gasteiger partial charge < -0.3 is 10.2 Å². The maximum Gasteiger partial charge on any atom is 0.236 e. The van der Waals surface area contributed by atoms with E-state index in [9.17, 15) is 13.6 Å². The molecule has 1 aliphatic carbocycles. The Hall–Kier alpha value is -0.950. The second-order valence-corrected chi connectivity index (χ2v) is 7.08. The lowest BCUT2D eigenvalue weighted by Gasteiger charge is -2.39. The Kier molecular flexibility index (Phi) is 9.95. The molecule has 8 heteroatoms. The monoisotopic (exact) mass is 423 g/mol. The van der Waals surface area contributed by atoms with Gasteiger partial charge in [-0.15, -0.1) is 24.8 Å². The van der Waals surface area contributed by atoms with E-state index in [1.54, 1.807) is 0 Å². The highest BCUT2D eigenvalue weighted by Crippen LogP contribution is 2.28. The van der Waals surface area contributed by atoms with Crippen LogP contribution in [0, 0.1) is 17.6 Å². The van der Waals surface area contributed by atoms with Gasteiger partial charge in [0.25, 0.3) is 0 Å². The Morgan fingerprint density at radius 1 is 1.19 bits per heavy atom. The van der Waals surface area contributed by atoms with Crippen LogP contribution in [0.5, 0.6) is 0 Å². The van der Waals surface area contributed by atoms with Crippen LogP contribution in [0.4, 0.5) is 8.78 Å². The van der Waals surface area contributed by atoms with Gasteiger partial charge in [0.05, 0.1) is 6.54 Å². The Morgan fingerprint density at radius 2 is 1.85 bits per heavy atom. The van der Waals surface area contributed by atoms with E-state index in [0.717, 1.165) is 24.9 Å². The van der Waals surface area contributed by atoms with Crippen molar-refractivity contribution in [3.8, 4) is 0 Å². The third-order valence-electron chi connectivity index (χ3n) is 5.22. The number of halogens is 4. The number of hydrogen-bond donors (Lipinski definition) is 1. The summed E-state index contributed by atoms with van der Waals surface area (Å²) >= 11 is 0. The van der Waals surface area contributed by atoms with E-state index in [-0.39, 0.29) is 36.8 Å². The normalized spacial score (nSPS) is 18.4. The van der Waals surface area contributed by atoms with Crippen LogP contribution in [0.25, 0.3) is 0 Å². The molecule has 0 radical (unpaired) electrons. The summed E-state index contributed by atoms with van der Waals surface area (Å²) in [6.07, 6.45) is 3.30. The first-order valence-corrected chi connectivity index (χ1v) is 9.26. The molecule has 0 aromatic heterocycles. The smallest absolute Gasteiger partial charge is 0.236 e. The second-order valence-electron chi connectivity index (χ2n) is 7.08. The number of amides is 1. The number of nitrogens with one attached hydrogen (secondary N) is 1. The lowest BCUT2D eigenvalue weighted by Crippen LogP contribution is -2.51. The second kappa shape index (κ2) is 11.1. The predicted octanol–water partition coefficient (Wildman–Crippen LogP) is 3.40. The third-order valence-corrected chi connectivity index (χ3v) is 5.22. The number of carbonyl (C=O) groups is 1. The Bertz CT molecular complexity index is 609. The molecule has 2 fully saturated rings. The highest BCUT2D eigenvalue weighted by molar-refractivity contribution is 5.85. The van der Waals surface area contributed by atoms with E-state index in [1.165, 1.54) is 25.0 Å². The van der Waals surface area contributed by atoms with E-state index < -0.39 is 11.6 Å². The van der Waals surface area contributed by atoms with Crippen LogP contribution >= 0.6 is 24.8 Å². The van der Waals surface area contributed by atoms with Gasteiger partial charge in [-0.1, -0.05) is 13.0 Å². The van der Waals surface area contributed by atoms with Gasteiger partial charge in [-0.2, -0.15) is 0 Å². The number of carbonyl (C=O) groups excluding carboxylic acids is 1. The molecule has 3 rings (SSSR count). The van der Waals surface area contributed by atoms with Crippen LogP contribution < -0.4 is 5.32 Å². The first-order valence-electron chi connectivity index (χ1n) is 9.26. The number of nitrogens with zero attached hydrogens (tertiary/aromatic N) is 2. The molecule has 1 heterocycles. The topological polar surface area (TPSA) is 35.6 Å². The molecule has 2 aliphatic rings. The summed E-state index contributed by atoms with van der Waals surface area (Å²) in [6.45, 7) is 6.08. The van der Waals surface area contributed by atoms with Crippen molar-refractivity contribution >= 4 is 30.7 Å². The quantitative estimate of drug-likeness (QED) is 0.729. The third kappa shape index (κ3) is 6.56. The molecule has 1 unspecified atom stereocenters. The summed E-state index contributed by atoms with van der Waals surface area (Å²) in [5.41, 5.74) is 0.537. The maximum atomic E-state index is 14.1. The van der Waals surface area contributed by atoms with E-state index in [2.05, 4.69) is 10.2 Å². The molecular weight excluding hydrogens is 395 g/mol. The molecule has 1 aromatic carbocycles. The van der Waals surface area contributed by atoms with Gasteiger partial charge in [-0.25, -0.2) is 8.78 Å². The van der Waals surface area contributed by atoms with Crippen LogP contribution in [0.15, 0.2) is 18.2 Å². The van der Waals surface area contributed by atoms with Crippen molar-refractivity contribution in [1.82, 2.24) is 15.1 Å². The standard InChI is InChI=1S/C19H27F2N3O.2ClH/c1-2-18(16-6-5-15(20)11-17(16)21)23-7-9-24(10-8-23)19(25)13-22-12-14-3-4-14;;/h5-6,11,14,18,22H,2-4,7-10,12-13H2,1H3;2*1H. The molecule has 1 N–H and O–H groups in total. The van der Waals surface area contributed by atoms with Crippen LogP contribution in [0.2, 0.25) is 0 Å². The number of hydrogen-bond acceptors (Lipinski definition) is 3. The average molecular weight is 424 g/mol. The van der Waals surface area contributed by atoms with Gasteiger partial charge in [0, 0.05) is 43.9 Å². The zero-order chi connectivity index (χ0) is 17.8. The average Bonchev–Trinajstić information content (AvgIpc) is 3.42. The van der Waals surface area contributed by atoms with Gasteiger partial charge >= 0.3 is 0 Å². The fraction of sp³-hybridized carbons (Fsp3) is 0.632. The van der Waals surface area contributed by atoms with Gasteiger partial charge in [0.15, 0.2) is 0 Å². The van der Waals surface area contributed by atoms with Gasteiger partial charge in [0.1, 0.15) is 11.6 Å². The zero-order valence-electron chi connectivity index (χ0n) is 15.6. The van der Waals surface area contributed by atoms with Crippen molar-refractivity contribution in [2.45, 2.75) is 32.2 Å². The first-order chi connectivity index (χ1) is 12.1. The zero-order valence-corrected chi connectivity index (χ0v) is 17.3. The Balaban J connectivity index is 0.00000182. The summed E-state index contributed by atoms with van der Waals surface area (Å²) in [4.78, 5) is 16.3. The number of rotatable bonds is 7. The fourth-order valence-corrected chi connectivity index (χ4v) is 3.55. The number of piperazine rings is 1. The van der Waals surface area contributed by atoms with Crippen molar-refractivity contribution in [2.24, 2.45) is 5.92 Å². The maximum absolute atomic E-state index is 14.1. The lowest BCUT2D eigenvalue weighted by atomic mass is 10.0. The van der Waals surface area contributed by atoms with Gasteiger partial charge in [-0.3, -0.25) is 9.69 Å². The van der Waals surface area contributed by atoms with Crippen LogP contribution in [0.3, 0.4) is 0 Å². The predicted molar refractivity (Wildman–Crippen MR) is 108 cm³/mol. The molecule has 154 valence electrons. The molecule has 1 saturated carbocycles. The highest BCUT2D eigenvalue weighted by atomic mass is 35.5. The molecule has 0 bridgehead atoms. The van der Waals surface area contributed by atoms with Crippen LogP contribution in [-0.2, 0) is 4.79 Å². The summed E-state index contributed by atoms with van der Waals surface area (Å²) < 4.78 is 27.3. The van der Waals surface area contributed by atoms with Crippen molar-refractivity contribution in [3.05, 3.63) is 35.4 Å². The molecule has 1 aromatic rings. The summed E-state index contributed by atoms with van der Waals surface area (Å²) in [5, 5.41) is 3.24. The minimum atomic E-state index is -0.551. The van der Waals surface area contributed by atoms with Crippen molar-refractivity contribution in [2.75, 3.05) is 39.3 Å². The molecule has 0 spiro atoms. The molecule has 1 aliphatic heterocycles. The van der Waals surface area contributed by atoms with E-state index in [1.807, 2.05) is 11.8 Å². The van der Waals surface area contributed by atoms with Crippen molar-refractivity contribution in [3.63, 3.8) is 0 Å². The Labute approximate surface area is 172 Å². The Morgan fingerprint density at radius 3 is 2.41 bits per heavy atom. The molecule has 1 saturated heterocycles.